The number of aromatic nitrogens is 2. The molecule has 0 radical (unpaired) electrons. The Labute approximate surface area is 324 Å². The summed E-state index contributed by atoms with van der Waals surface area (Å²) in [5, 5.41) is 10.3. The molecule has 0 aliphatic carbocycles. The van der Waals surface area contributed by atoms with Crippen molar-refractivity contribution in [1.29, 1.82) is 0 Å². The molecule has 1 atom stereocenters. The Balaban J connectivity index is 1.17. The average molecular weight is 716 g/mol. The Bertz CT molecular complexity index is 2930. The highest BCUT2D eigenvalue weighted by molar-refractivity contribution is 6.15. The summed E-state index contributed by atoms with van der Waals surface area (Å²) in [6, 6.07) is 71.4. The first kappa shape index (κ1) is 32.0. The fourth-order valence-electron chi connectivity index (χ4n) is 8.48. The third-order valence-electron chi connectivity index (χ3n) is 11.0. The summed E-state index contributed by atoms with van der Waals surface area (Å²) in [4.78, 5) is 5.30. The van der Waals surface area contributed by atoms with Crippen LogP contribution in [0.1, 0.15) is 22.9 Å². The standard InChI is InChI=1S/C52H35N4/c1-3-16-35(17-4-1)37-20-15-21-38(30-37)46-34-47(54-52(53-46)36-18-5-2-6-19-36)39-31-40(55-48-26-11-7-22-42(48)43-23-8-12-27-49(43)55)33-41(32-39)56-50-28-13-9-24-44(50)45-25-10-14-29-51(45)56/h1-34,52H/q-1. The molecule has 56 heavy (non-hydrogen) atoms. The van der Waals surface area contributed by atoms with E-state index in [-0.39, 0.29) is 0 Å². The normalized spacial score (nSPS) is 14.2. The molecule has 0 N–H and O–H groups in total. The van der Waals surface area contributed by atoms with Gasteiger partial charge in [-0.3, -0.25) is 4.99 Å². The highest BCUT2D eigenvalue weighted by Gasteiger charge is 2.19. The average Bonchev–Trinajstić information content (AvgIpc) is 3.80. The topological polar surface area (TPSA) is 36.3 Å². The smallest absolute Gasteiger partial charge is 0.0623 e. The van der Waals surface area contributed by atoms with Gasteiger partial charge in [-0.25, -0.2) is 0 Å². The van der Waals surface area contributed by atoms with Gasteiger partial charge in [0.1, 0.15) is 0 Å². The molecular weight excluding hydrogens is 681 g/mol. The Hall–Kier alpha value is -7.43. The van der Waals surface area contributed by atoms with E-state index >= 15 is 0 Å². The number of allylic oxidation sites excluding steroid dienone is 1. The van der Waals surface area contributed by atoms with Gasteiger partial charge in [0.25, 0.3) is 0 Å². The Kier molecular flexibility index (Phi) is 7.52. The van der Waals surface area contributed by atoms with Crippen LogP contribution in [-0.2, 0) is 0 Å². The minimum absolute atomic E-state index is 0.403. The molecule has 0 amide bonds. The molecule has 10 aromatic rings. The maximum absolute atomic E-state index is 5.43. The Morgan fingerprint density at radius 3 is 1.36 bits per heavy atom. The number of fused-ring (bicyclic) bond motifs is 6. The lowest BCUT2D eigenvalue weighted by Gasteiger charge is -2.37. The number of aliphatic imine (C=N–C) groups is 1. The third kappa shape index (κ3) is 5.34. The van der Waals surface area contributed by atoms with Crippen molar-refractivity contribution in [3.05, 3.63) is 228 Å². The molecule has 1 aliphatic heterocycles. The fourth-order valence-corrected chi connectivity index (χ4v) is 8.48. The zero-order chi connectivity index (χ0) is 37.0. The maximum atomic E-state index is 5.43. The van der Waals surface area contributed by atoms with E-state index in [2.05, 4.69) is 209 Å². The molecular formula is C52H35N4-. The van der Waals surface area contributed by atoms with Gasteiger partial charge in [-0.05, 0) is 70.8 Å². The van der Waals surface area contributed by atoms with Gasteiger partial charge < -0.3 is 14.5 Å². The molecule has 264 valence electrons. The van der Waals surface area contributed by atoms with Crippen LogP contribution in [0, 0.1) is 0 Å². The molecule has 0 spiro atoms. The lowest BCUT2D eigenvalue weighted by molar-refractivity contribution is 0.879. The molecule has 4 heteroatoms. The van der Waals surface area contributed by atoms with E-state index in [1.807, 2.05) is 6.07 Å². The highest BCUT2D eigenvalue weighted by atomic mass is 15.1. The number of benzene rings is 8. The number of rotatable bonds is 6. The SMILES string of the molecule is C1=C(c2cc(-n3c4ccccc4c4ccccc43)cc(-n3c4ccccc4c4ccccc43)c2)[N-]C(c2ccccc2)N=C1c1cccc(-c2ccccc2)c1. The van der Waals surface area contributed by atoms with E-state index in [0.29, 0.717) is 0 Å². The van der Waals surface area contributed by atoms with E-state index in [1.165, 1.54) is 27.1 Å². The molecule has 2 aromatic heterocycles. The summed E-state index contributed by atoms with van der Waals surface area (Å²) in [5.74, 6) is 0. The van der Waals surface area contributed by atoms with Gasteiger partial charge in [-0.2, -0.15) is 0 Å². The van der Waals surface area contributed by atoms with Crippen LogP contribution in [0.4, 0.5) is 0 Å². The second-order valence-corrected chi connectivity index (χ2v) is 14.4. The first-order chi connectivity index (χ1) is 27.8. The molecule has 1 unspecified atom stereocenters. The predicted octanol–water partition coefficient (Wildman–Crippen LogP) is 13.5. The summed E-state index contributed by atoms with van der Waals surface area (Å²) < 4.78 is 4.81. The van der Waals surface area contributed by atoms with Crippen LogP contribution >= 0.6 is 0 Å². The minimum Gasteiger partial charge on any atom is -0.659 e. The quantitative estimate of drug-likeness (QED) is 0.164. The van der Waals surface area contributed by atoms with Crippen molar-refractivity contribution in [2.45, 2.75) is 6.17 Å². The molecule has 11 rings (SSSR count). The first-order valence-corrected chi connectivity index (χ1v) is 19.1. The fraction of sp³-hybridized carbons (Fsp3) is 0.0192. The molecule has 0 saturated heterocycles. The van der Waals surface area contributed by atoms with Crippen molar-refractivity contribution in [2.24, 2.45) is 4.99 Å². The number of para-hydroxylation sites is 4. The van der Waals surface area contributed by atoms with E-state index in [1.54, 1.807) is 0 Å². The molecule has 0 bridgehead atoms. The van der Waals surface area contributed by atoms with E-state index in [0.717, 1.165) is 67.1 Å². The van der Waals surface area contributed by atoms with Crippen LogP contribution in [0.15, 0.2) is 211 Å². The third-order valence-corrected chi connectivity index (χ3v) is 11.0. The van der Waals surface area contributed by atoms with Crippen LogP contribution in [0.2, 0.25) is 0 Å². The zero-order valence-electron chi connectivity index (χ0n) is 30.5. The van der Waals surface area contributed by atoms with Crippen molar-refractivity contribution in [3.8, 4) is 22.5 Å². The largest absolute Gasteiger partial charge is 0.659 e. The number of hydrogen-bond donors (Lipinski definition) is 0. The first-order valence-electron chi connectivity index (χ1n) is 19.1. The second-order valence-electron chi connectivity index (χ2n) is 14.4. The lowest BCUT2D eigenvalue weighted by Crippen LogP contribution is -2.10. The van der Waals surface area contributed by atoms with Crippen molar-refractivity contribution >= 4 is 55.0 Å². The van der Waals surface area contributed by atoms with Crippen molar-refractivity contribution in [2.75, 3.05) is 0 Å². The molecule has 8 aromatic carbocycles. The van der Waals surface area contributed by atoms with Gasteiger partial charge in [0, 0.05) is 44.6 Å². The van der Waals surface area contributed by atoms with Crippen LogP contribution in [0.3, 0.4) is 0 Å². The van der Waals surface area contributed by atoms with Gasteiger partial charge in [-0.1, -0.05) is 158 Å². The van der Waals surface area contributed by atoms with Gasteiger partial charge in [-0.15, -0.1) is 5.70 Å². The van der Waals surface area contributed by atoms with Crippen molar-refractivity contribution in [1.82, 2.24) is 9.13 Å². The van der Waals surface area contributed by atoms with Crippen molar-refractivity contribution < 1.29 is 0 Å². The van der Waals surface area contributed by atoms with E-state index in [4.69, 9.17) is 10.3 Å². The number of nitrogens with zero attached hydrogens (tertiary/aromatic N) is 4. The summed E-state index contributed by atoms with van der Waals surface area (Å²) in [6.07, 6.45) is 1.77. The number of hydrogen-bond acceptors (Lipinski definition) is 1. The Morgan fingerprint density at radius 2 is 0.821 bits per heavy atom. The van der Waals surface area contributed by atoms with Gasteiger partial charge in [0.05, 0.1) is 27.8 Å². The lowest BCUT2D eigenvalue weighted by atomic mass is 9.98. The van der Waals surface area contributed by atoms with Crippen LogP contribution in [-0.4, -0.2) is 14.8 Å². The summed E-state index contributed by atoms with van der Waals surface area (Å²) in [6.45, 7) is 0. The molecule has 1 aliphatic rings. The van der Waals surface area contributed by atoms with Gasteiger partial charge in [0.15, 0.2) is 0 Å². The predicted molar refractivity (Wildman–Crippen MR) is 234 cm³/mol. The highest BCUT2D eigenvalue weighted by Crippen LogP contribution is 2.41. The van der Waals surface area contributed by atoms with Crippen molar-refractivity contribution in [3.63, 3.8) is 0 Å². The monoisotopic (exact) mass is 715 g/mol. The second kappa shape index (κ2) is 13.2. The Morgan fingerprint density at radius 1 is 0.375 bits per heavy atom. The zero-order valence-corrected chi connectivity index (χ0v) is 30.5. The molecule has 0 saturated carbocycles. The maximum Gasteiger partial charge on any atom is 0.0623 e. The van der Waals surface area contributed by atoms with Crippen LogP contribution < -0.4 is 0 Å². The summed E-state index contributed by atoms with van der Waals surface area (Å²) >= 11 is 0. The van der Waals surface area contributed by atoms with Gasteiger partial charge >= 0.3 is 0 Å². The molecule has 0 fully saturated rings. The van der Waals surface area contributed by atoms with E-state index in [9.17, 15) is 0 Å². The molecule has 3 heterocycles. The van der Waals surface area contributed by atoms with Crippen LogP contribution in [0.25, 0.3) is 77.1 Å². The van der Waals surface area contributed by atoms with E-state index < -0.39 is 6.17 Å². The van der Waals surface area contributed by atoms with Gasteiger partial charge in [0.2, 0.25) is 0 Å². The van der Waals surface area contributed by atoms with Crippen LogP contribution in [0.5, 0.6) is 0 Å². The summed E-state index contributed by atoms with van der Waals surface area (Å²) in [5.41, 5.74) is 14.0. The minimum atomic E-state index is -0.403. The molecule has 4 nitrogen and oxygen atoms in total. The summed E-state index contributed by atoms with van der Waals surface area (Å²) in [7, 11) is 0.